The molecule has 0 radical (unpaired) electrons. The van der Waals surface area contributed by atoms with Crippen molar-refractivity contribution >= 4 is 0 Å². The van der Waals surface area contributed by atoms with E-state index in [1.165, 1.54) is 65.1 Å². The lowest BCUT2D eigenvalue weighted by Gasteiger charge is -2.39. The molecule has 2 fully saturated rings. The normalized spacial score (nSPS) is 29.1. The molecule has 2 saturated heterocycles. The van der Waals surface area contributed by atoms with Crippen molar-refractivity contribution in [2.24, 2.45) is 0 Å². The first-order chi connectivity index (χ1) is 8.79. The summed E-state index contributed by atoms with van der Waals surface area (Å²) in [6.45, 7) is 12.6. The van der Waals surface area contributed by atoms with E-state index in [2.05, 4.69) is 34.4 Å². The lowest BCUT2D eigenvalue weighted by molar-refractivity contribution is 0.0893. The molecule has 18 heavy (non-hydrogen) atoms. The number of likely N-dealkylation sites (N-methyl/N-ethyl adjacent to an activating group) is 1. The number of piperazine rings is 1. The minimum atomic E-state index is 0.797. The molecule has 0 saturated carbocycles. The number of likely N-dealkylation sites (tertiary alicyclic amines) is 1. The minimum Gasteiger partial charge on any atom is -0.304 e. The highest BCUT2D eigenvalue weighted by atomic mass is 15.3. The maximum atomic E-state index is 3.84. The molecule has 0 bridgehead atoms. The van der Waals surface area contributed by atoms with Gasteiger partial charge in [-0.15, -0.1) is 6.58 Å². The van der Waals surface area contributed by atoms with Crippen LogP contribution in [0.25, 0.3) is 0 Å². The standard InChI is InChI=1S/C15H29N3/c1-3-4-8-17-9-6-5-7-15(14-17)18-12-10-16(2)11-13-18/h3,15H,1,4-14H2,2H3/t15-/m0/s1. The molecule has 0 aromatic carbocycles. The molecule has 0 aromatic rings. The first-order valence-corrected chi connectivity index (χ1v) is 7.55. The predicted molar refractivity (Wildman–Crippen MR) is 78.0 cm³/mol. The molecule has 2 aliphatic rings. The van der Waals surface area contributed by atoms with Crippen LogP contribution in [0.5, 0.6) is 0 Å². The van der Waals surface area contributed by atoms with Gasteiger partial charge in [0.2, 0.25) is 0 Å². The van der Waals surface area contributed by atoms with E-state index >= 15 is 0 Å². The highest BCUT2D eigenvalue weighted by Gasteiger charge is 2.25. The van der Waals surface area contributed by atoms with Crippen molar-refractivity contribution in [2.45, 2.75) is 31.7 Å². The van der Waals surface area contributed by atoms with E-state index in [4.69, 9.17) is 0 Å². The van der Waals surface area contributed by atoms with Gasteiger partial charge in [-0.25, -0.2) is 0 Å². The van der Waals surface area contributed by atoms with Gasteiger partial charge in [0.25, 0.3) is 0 Å². The third kappa shape index (κ3) is 4.08. The Morgan fingerprint density at radius 1 is 1.11 bits per heavy atom. The number of hydrogen-bond acceptors (Lipinski definition) is 3. The fourth-order valence-electron chi connectivity index (χ4n) is 3.16. The molecular formula is C15H29N3. The first kappa shape index (κ1) is 14.0. The lowest BCUT2D eigenvalue weighted by Crippen LogP contribution is -2.51. The van der Waals surface area contributed by atoms with Crippen LogP contribution in [0.3, 0.4) is 0 Å². The topological polar surface area (TPSA) is 9.72 Å². The van der Waals surface area contributed by atoms with Gasteiger partial charge < -0.3 is 9.80 Å². The number of nitrogens with zero attached hydrogens (tertiary/aromatic N) is 3. The van der Waals surface area contributed by atoms with Crippen LogP contribution >= 0.6 is 0 Å². The summed E-state index contributed by atoms with van der Waals surface area (Å²) in [4.78, 5) is 7.83. The van der Waals surface area contributed by atoms with E-state index in [1.54, 1.807) is 0 Å². The molecule has 3 nitrogen and oxygen atoms in total. The molecule has 1 atom stereocenters. The molecule has 0 N–H and O–H groups in total. The molecule has 0 spiro atoms. The zero-order chi connectivity index (χ0) is 12.8. The van der Waals surface area contributed by atoms with Crippen LogP contribution in [0.1, 0.15) is 25.7 Å². The van der Waals surface area contributed by atoms with Gasteiger partial charge in [-0.05, 0) is 32.9 Å². The summed E-state index contributed by atoms with van der Waals surface area (Å²) in [6.07, 6.45) is 7.36. The van der Waals surface area contributed by atoms with E-state index in [1.807, 2.05) is 0 Å². The van der Waals surface area contributed by atoms with Crippen molar-refractivity contribution in [3.63, 3.8) is 0 Å². The largest absolute Gasteiger partial charge is 0.304 e. The molecule has 0 unspecified atom stereocenters. The van der Waals surface area contributed by atoms with Gasteiger partial charge in [0.1, 0.15) is 0 Å². The maximum absolute atomic E-state index is 3.84. The Bertz CT molecular complexity index is 246. The van der Waals surface area contributed by atoms with E-state index in [0.717, 1.165) is 12.5 Å². The average Bonchev–Trinajstić information content (AvgIpc) is 2.63. The van der Waals surface area contributed by atoms with Gasteiger partial charge in [0.05, 0.1) is 0 Å². The van der Waals surface area contributed by atoms with Gasteiger partial charge in [-0.3, -0.25) is 4.90 Å². The van der Waals surface area contributed by atoms with E-state index in [-0.39, 0.29) is 0 Å². The fourth-order valence-corrected chi connectivity index (χ4v) is 3.16. The highest BCUT2D eigenvalue weighted by Crippen LogP contribution is 2.17. The van der Waals surface area contributed by atoms with Crippen LogP contribution in [0.4, 0.5) is 0 Å². The fraction of sp³-hybridized carbons (Fsp3) is 0.867. The van der Waals surface area contributed by atoms with Crippen molar-refractivity contribution < 1.29 is 0 Å². The Morgan fingerprint density at radius 3 is 2.61 bits per heavy atom. The Hall–Kier alpha value is -0.380. The number of rotatable bonds is 4. The van der Waals surface area contributed by atoms with Crippen LogP contribution in [-0.4, -0.2) is 73.6 Å². The second-order valence-electron chi connectivity index (χ2n) is 5.87. The first-order valence-electron chi connectivity index (χ1n) is 7.55. The molecule has 2 heterocycles. The van der Waals surface area contributed by atoms with Gasteiger partial charge in [0.15, 0.2) is 0 Å². The summed E-state index contributed by atoms with van der Waals surface area (Å²) < 4.78 is 0. The summed E-state index contributed by atoms with van der Waals surface area (Å²) in [5.41, 5.74) is 0. The summed E-state index contributed by atoms with van der Waals surface area (Å²) >= 11 is 0. The maximum Gasteiger partial charge on any atom is 0.0224 e. The summed E-state index contributed by atoms with van der Waals surface area (Å²) in [5.74, 6) is 0. The van der Waals surface area contributed by atoms with Crippen LogP contribution in [0, 0.1) is 0 Å². The molecule has 2 aliphatic heterocycles. The zero-order valence-electron chi connectivity index (χ0n) is 12.0. The molecule has 0 aliphatic carbocycles. The molecule has 0 amide bonds. The number of hydrogen-bond donors (Lipinski definition) is 0. The van der Waals surface area contributed by atoms with Crippen LogP contribution in [-0.2, 0) is 0 Å². The third-order valence-electron chi connectivity index (χ3n) is 4.43. The second kappa shape index (κ2) is 7.27. The SMILES string of the molecule is C=CCCN1CCCC[C@H](N2CCN(C)CC2)C1. The van der Waals surface area contributed by atoms with E-state index in [9.17, 15) is 0 Å². The van der Waals surface area contributed by atoms with Crippen molar-refractivity contribution in [3.8, 4) is 0 Å². The second-order valence-corrected chi connectivity index (χ2v) is 5.87. The van der Waals surface area contributed by atoms with Crippen LogP contribution in [0.2, 0.25) is 0 Å². The Morgan fingerprint density at radius 2 is 1.89 bits per heavy atom. The monoisotopic (exact) mass is 251 g/mol. The van der Waals surface area contributed by atoms with Gasteiger partial charge in [-0.2, -0.15) is 0 Å². The lowest BCUT2D eigenvalue weighted by atomic mass is 10.1. The van der Waals surface area contributed by atoms with Crippen molar-refractivity contribution in [3.05, 3.63) is 12.7 Å². The van der Waals surface area contributed by atoms with Crippen molar-refractivity contribution in [1.29, 1.82) is 0 Å². The van der Waals surface area contributed by atoms with Gasteiger partial charge >= 0.3 is 0 Å². The molecule has 104 valence electrons. The van der Waals surface area contributed by atoms with Crippen molar-refractivity contribution in [1.82, 2.24) is 14.7 Å². The third-order valence-corrected chi connectivity index (χ3v) is 4.43. The molecular weight excluding hydrogens is 222 g/mol. The smallest absolute Gasteiger partial charge is 0.0224 e. The van der Waals surface area contributed by atoms with Gasteiger partial charge in [0, 0.05) is 45.3 Å². The summed E-state index contributed by atoms with van der Waals surface area (Å²) in [6, 6.07) is 0.797. The minimum absolute atomic E-state index is 0.797. The van der Waals surface area contributed by atoms with E-state index in [0.29, 0.717) is 0 Å². The van der Waals surface area contributed by atoms with Crippen LogP contribution < -0.4 is 0 Å². The Balaban J connectivity index is 1.84. The summed E-state index contributed by atoms with van der Waals surface area (Å²) in [5, 5.41) is 0. The average molecular weight is 251 g/mol. The van der Waals surface area contributed by atoms with Crippen LogP contribution in [0.15, 0.2) is 12.7 Å². The Kier molecular flexibility index (Phi) is 5.67. The highest BCUT2D eigenvalue weighted by molar-refractivity contribution is 4.83. The Labute approximate surface area is 112 Å². The van der Waals surface area contributed by atoms with Gasteiger partial charge in [-0.1, -0.05) is 12.5 Å². The molecule has 0 aromatic heterocycles. The molecule has 2 rings (SSSR count). The quantitative estimate of drug-likeness (QED) is 0.704. The zero-order valence-corrected chi connectivity index (χ0v) is 12.0. The summed E-state index contributed by atoms with van der Waals surface area (Å²) in [7, 11) is 2.24. The predicted octanol–water partition coefficient (Wildman–Crippen LogP) is 1.66. The van der Waals surface area contributed by atoms with E-state index < -0.39 is 0 Å². The van der Waals surface area contributed by atoms with Crippen molar-refractivity contribution in [2.75, 3.05) is 52.9 Å². The molecule has 3 heteroatoms.